The lowest BCUT2D eigenvalue weighted by Crippen LogP contribution is -2.41. The van der Waals surface area contributed by atoms with Crippen LogP contribution in [0.5, 0.6) is 11.5 Å². The van der Waals surface area contributed by atoms with Crippen molar-refractivity contribution in [2.45, 2.75) is 25.6 Å². The summed E-state index contributed by atoms with van der Waals surface area (Å²) in [5.41, 5.74) is -0.320. The number of halogens is 3. The molecule has 1 atom stereocenters. The molecule has 1 aliphatic heterocycles. The summed E-state index contributed by atoms with van der Waals surface area (Å²) in [7, 11) is 1.31. The van der Waals surface area contributed by atoms with Gasteiger partial charge in [-0.1, -0.05) is 35.9 Å². The molecule has 0 unspecified atom stereocenters. The average Bonchev–Trinajstić information content (AvgIpc) is 2.86. The molecule has 0 spiro atoms. The van der Waals surface area contributed by atoms with Gasteiger partial charge < -0.3 is 14.8 Å². The summed E-state index contributed by atoms with van der Waals surface area (Å²) in [6.45, 7) is -1.49. The van der Waals surface area contributed by atoms with E-state index in [-0.39, 0.29) is 18.0 Å². The van der Waals surface area contributed by atoms with Crippen LogP contribution in [0.4, 0.5) is 13.6 Å². The van der Waals surface area contributed by atoms with E-state index in [4.69, 9.17) is 16.3 Å². The smallest absolute Gasteiger partial charge is 0.387 e. The van der Waals surface area contributed by atoms with Gasteiger partial charge in [0.15, 0.2) is 11.5 Å². The van der Waals surface area contributed by atoms with Crippen molar-refractivity contribution in [2.24, 2.45) is 0 Å². The van der Waals surface area contributed by atoms with E-state index in [2.05, 4.69) is 10.1 Å². The van der Waals surface area contributed by atoms with Crippen LogP contribution in [-0.2, 0) is 16.9 Å². The largest absolute Gasteiger partial charge is 0.493 e. The fourth-order valence-corrected chi connectivity index (χ4v) is 3.40. The molecule has 0 aliphatic carbocycles. The van der Waals surface area contributed by atoms with Gasteiger partial charge in [-0.2, -0.15) is 8.78 Å². The Labute approximate surface area is 165 Å². The van der Waals surface area contributed by atoms with E-state index < -0.39 is 24.1 Å². The second kappa shape index (κ2) is 7.63. The van der Waals surface area contributed by atoms with Gasteiger partial charge in [0.25, 0.3) is 5.91 Å². The molecule has 0 saturated carbocycles. The van der Waals surface area contributed by atoms with Crippen molar-refractivity contribution in [1.29, 1.82) is 0 Å². The quantitative estimate of drug-likeness (QED) is 0.733. The van der Waals surface area contributed by atoms with Crippen LogP contribution in [0.1, 0.15) is 18.1 Å². The van der Waals surface area contributed by atoms with Gasteiger partial charge in [-0.05, 0) is 30.7 Å². The Kier molecular flexibility index (Phi) is 5.42. The van der Waals surface area contributed by atoms with E-state index in [1.807, 2.05) is 0 Å². The van der Waals surface area contributed by atoms with Crippen LogP contribution in [0.3, 0.4) is 0 Å². The van der Waals surface area contributed by atoms with E-state index >= 15 is 0 Å². The first-order valence-electron chi connectivity index (χ1n) is 8.27. The molecule has 1 aliphatic rings. The highest BCUT2D eigenvalue weighted by Gasteiger charge is 2.49. The first-order valence-corrected chi connectivity index (χ1v) is 8.65. The van der Waals surface area contributed by atoms with Crippen molar-refractivity contribution in [1.82, 2.24) is 10.2 Å². The van der Waals surface area contributed by atoms with E-state index in [0.717, 1.165) is 4.90 Å². The second-order valence-corrected chi connectivity index (χ2v) is 6.70. The maximum absolute atomic E-state index is 13.0. The molecule has 1 N–H and O–H groups in total. The Morgan fingerprint density at radius 1 is 1.18 bits per heavy atom. The summed E-state index contributed by atoms with van der Waals surface area (Å²) < 4.78 is 34.3. The van der Waals surface area contributed by atoms with Gasteiger partial charge in [0.2, 0.25) is 0 Å². The molecule has 28 heavy (non-hydrogen) atoms. The number of urea groups is 1. The van der Waals surface area contributed by atoms with Crippen LogP contribution in [-0.4, -0.2) is 30.6 Å². The monoisotopic (exact) mass is 410 g/mol. The van der Waals surface area contributed by atoms with Crippen LogP contribution < -0.4 is 14.8 Å². The molecule has 1 fully saturated rings. The number of rotatable bonds is 6. The van der Waals surface area contributed by atoms with E-state index in [1.165, 1.54) is 25.3 Å². The molecular weight excluding hydrogens is 394 g/mol. The number of amides is 3. The molecule has 0 radical (unpaired) electrons. The molecule has 1 saturated heterocycles. The number of methoxy groups -OCH3 is 1. The van der Waals surface area contributed by atoms with Gasteiger partial charge in [0, 0.05) is 10.6 Å². The van der Waals surface area contributed by atoms with E-state index in [1.54, 1.807) is 31.2 Å². The lowest BCUT2D eigenvalue weighted by Gasteiger charge is -2.23. The number of carbonyl (C=O) groups is 2. The maximum Gasteiger partial charge on any atom is 0.387 e. The summed E-state index contributed by atoms with van der Waals surface area (Å²) >= 11 is 6.20. The Bertz CT molecular complexity index is 925. The highest BCUT2D eigenvalue weighted by Crippen LogP contribution is 2.35. The number of hydrogen-bond donors (Lipinski definition) is 1. The molecule has 6 nitrogen and oxygen atoms in total. The van der Waals surface area contributed by atoms with Crippen molar-refractivity contribution < 1.29 is 27.8 Å². The number of hydrogen-bond acceptors (Lipinski definition) is 4. The number of nitrogens with zero attached hydrogens (tertiary/aromatic N) is 1. The van der Waals surface area contributed by atoms with Crippen LogP contribution in [0.2, 0.25) is 5.02 Å². The normalized spacial score (nSPS) is 19.1. The van der Waals surface area contributed by atoms with Crippen molar-refractivity contribution in [2.75, 3.05) is 7.11 Å². The lowest BCUT2D eigenvalue weighted by molar-refractivity contribution is -0.131. The van der Waals surface area contributed by atoms with Crippen LogP contribution >= 0.6 is 11.6 Å². The molecule has 2 aromatic carbocycles. The number of carbonyl (C=O) groups excluding carboxylic acids is 2. The SMILES string of the molecule is COc1cc(CN2C(=O)N[C@@](C)(c3ccccc3Cl)C2=O)ccc1OC(F)F. The van der Waals surface area contributed by atoms with Gasteiger partial charge in [-0.25, -0.2) is 4.79 Å². The zero-order chi connectivity index (χ0) is 20.5. The molecular formula is C19H17ClF2N2O4. The number of nitrogens with one attached hydrogen (secondary N) is 1. The van der Waals surface area contributed by atoms with Gasteiger partial charge in [0.1, 0.15) is 5.54 Å². The summed E-state index contributed by atoms with van der Waals surface area (Å²) in [6, 6.07) is 10.4. The number of alkyl halides is 2. The predicted molar refractivity (Wildman–Crippen MR) is 97.5 cm³/mol. The minimum absolute atomic E-state index is 0.0683. The predicted octanol–water partition coefficient (Wildman–Crippen LogP) is 3.92. The Hall–Kier alpha value is -2.87. The fraction of sp³-hybridized carbons (Fsp3) is 0.263. The fourth-order valence-electron chi connectivity index (χ4n) is 3.08. The first-order chi connectivity index (χ1) is 13.3. The Morgan fingerprint density at radius 3 is 2.54 bits per heavy atom. The minimum Gasteiger partial charge on any atom is -0.493 e. The summed E-state index contributed by atoms with van der Waals surface area (Å²) in [5, 5.41) is 3.03. The van der Waals surface area contributed by atoms with Crippen LogP contribution in [0.25, 0.3) is 0 Å². The van der Waals surface area contributed by atoms with Crippen molar-refractivity contribution in [3.8, 4) is 11.5 Å². The highest BCUT2D eigenvalue weighted by molar-refractivity contribution is 6.32. The maximum atomic E-state index is 13.0. The van der Waals surface area contributed by atoms with E-state index in [0.29, 0.717) is 16.1 Å². The molecule has 148 valence electrons. The van der Waals surface area contributed by atoms with Gasteiger partial charge >= 0.3 is 12.6 Å². The molecule has 1 heterocycles. The molecule has 3 rings (SSSR count). The van der Waals surface area contributed by atoms with Crippen LogP contribution in [0, 0.1) is 0 Å². The number of ether oxygens (including phenoxy) is 2. The topological polar surface area (TPSA) is 67.9 Å². The van der Waals surface area contributed by atoms with Gasteiger partial charge in [-0.3, -0.25) is 9.69 Å². The third-order valence-electron chi connectivity index (χ3n) is 4.47. The molecule has 3 amide bonds. The third-order valence-corrected chi connectivity index (χ3v) is 4.80. The zero-order valence-electron chi connectivity index (χ0n) is 15.0. The average molecular weight is 411 g/mol. The Morgan fingerprint density at radius 2 is 1.89 bits per heavy atom. The molecule has 0 aromatic heterocycles. The third kappa shape index (κ3) is 3.60. The second-order valence-electron chi connectivity index (χ2n) is 6.29. The minimum atomic E-state index is -3.00. The number of imide groups is 1. The lowest BCUT2D eigenvalue weighted by atomic mass is 9.92. The van der Waals surface area contributed by atoms with Crippen LogP contribution in [0.15, 0.2) is 42.5 Å². The highest BCUT2D eigenvalue weighted by atomic mass is 35.5. The molecule has 9 heteroatoms. The summed E-state index contributed by atoms with van der Waals surface area (Å²) in [4.78, 5) is 26.5. The molecule has 0 bridgehead atoms. The Balaban J connectivity index is 1.86. The molecule has 2 aromatic rings. The van der Waals surface area contributed by atoms with Crippen molar-refractivity contribution in [3.63, 3.8) is 0 Å². The number of benzene rings is 2. The summed E-state index contributed by atoms with van der Waals surface area (Å²) in [6.07, 6.45) is 0. The van der Waals surface area contributed by atoms with Crippen molar-refractivity contribution in [3.05, 3.63) is 58.6 Å². The standard InChI is InChI=1S/C19H17ClF2N2O4/c1-19(12-5-3-4-6-13(12)20)16(25)24(18(26)23-19)10-11-7-8-14(28-17(21)22)15(9-11)27-2/h3-9,17H,10H2,1-2H3,(H,23,26)/t19-/m0/s1. The van der Waals surface area contributed by atoms with Crippen molar-refractivity contribution >= 4 is 23.5 Å². The summed E-state index contributed by atoms with van der Waals surface area (Å²) in [5.74, 6) is -0.546. The zero-order valence-corrected chi connectivity index (χ0v) is 15.8. The first kappa shape index (κ1) is 19.9. The van der Waals surface area contributed by atoms with E-state index in [9.17, 15) is 18.4 Å². The van der Waals surface area contributed by atoms with Gasteiger partial charge in [0.05, 0.1) is 13.7 Å². The van der Waals surface area contributed by atoms with Gasteiger partial charge in [-0.15, -0.1) is 0 Å².